The monoisotopic (exact) mass is 213 g/mol. The van der Waals surface area contributed by atoms with Crippen molar-refractivity contribution >= 4 is 23.2 Å². The van der Waals surface area contributed by atoms with Crippen LogP contribution in [0.2, 0.25) is 10.0 Å². The van der Waals surface area contributed by atoms with Gasteiger partial charge in [0.05, 0.1) is 10.0 Å². The van der Waals surface area contributed by atoms with E-state index in [0.29, 0.717) is 21.4 Å². The molecule has 0 saturated heterocycles. The second-order valence-corrected chi connectivity index (χ2v) is 3.09. The van der Waals surface area contributed by atoms with Gasteiger partial charge in [0.25, 0.3) is 0 Å². The predicted octanol–water partition coefficient (Wildman–Crippen LogP) is 1.80. The van der Waals surface area contributed by atoms with Crippen LogP contribution in [0.1, 0.15) is 0 Å². The molecule has 0 unspecified atom stereocenters. The minimum Gasteiger partial charge on any atom is -0.330 e. The Hall–Kier alpha value is -1.13. The maximum atomic E-state index is 5.92. The molecule has 0 spiro atoms. The smallest absolute Gasteiger partial charge is 0.0675 e. The molecule has 1 aromatic carbocycles. The first kappa shape index (κ1) is 8.47. The molecule has 2 aromatic rings. The molecule has 6 heteroatoms. The van der Waals surface area contributed by atoms with Crippen molar-refractivity contribution < 1.29 is 0 Å². The van der Waals surface area contributed by atoms with Crippen LogP contribution in [0.5, 0.6) is 0 Å². The van der Waals surface area contributed by atoms with Gasteiger partial charge in [0.1, 0.15) is 0 Å². The number of halogens is 2. The molecule has 0 fully saturated rings. The van der Waals surface area contributed by atoms with Crippen LogP contribution in [0.15, 0.2) is 18.2 Å². The second kappa shape index (κ2) is 3.32. The molecule has 0 amide bonds. The first-order valence-corrected chi connectivity index (χ1v) is 4.18. The highest BCUT2D eigenvalue weighted by molar-refractivity contribution is 6.43. The Labute approximate surface area is 83.9 Å². The Balaban J connectivity index is 2.59. The van der Waals surface area contributed by atoms with Crippen LogP contribution in [0, 0.1) is 0 Å². The Kier molecular flexibility index (Phi) is 2.16. The Morgan fingerprint density at radius 1 is 1.23 bits per heavy atom. The number of benzene rings is 1. The summed E-state index contributed by atoms with van der Waals surface area (Å²) in [7, 11) is 0. The molecule has 0 N–H and O–H groups in total. The van der Waals surface area contributed by atoms with Crippen LogP contribution in [0.25, 0.3) is 11.4 Å². The number of aromatic nitrogens is 4. The average molecular weight is 214 g/mol. The third kappa shape index (κ3) is 1.50. The van der Waals surface area contributed by atoms with Gasteiger partial charge in [-0.3, -0.25) is 10.3 Å². The maximum absolute atomic E-state index is 5.92. The van der Waals surface area contributed by atoms with Crippen molar-refractivity contribution in [3.63, 3.8) is 0 Å². The van der Waals surface area contributed by atoms with E-state index in [4.69, 9.17) is 23.2 Å². The number of tetrazole rings is 1. The molecule has 0 bridgehead atoms. The molecule has 0 radical (unpaired) electrons. The molecule has 1 aromatic heterocycles. The van der Waals surface area contributed by atoms with E-state index < -0.39 is 0 Å². The van der Waals surface area contributed by atoms with E-state index in [1.807, 2.05) is 0 Å². The van der Waals surface area contributed by atoms with Crippen LogP contribution in [0.4, 0.5) is 0 Å². The fraction of sp³-hybridized carbons (Fsp3) is 0. The highest BCUT2D eigenvalue weighted by atomic mass is 35.5. The predicted molar refractivity (Wildman–Crippen MR) is 48.6 cm³/mol. The third-order valence-electron chi connectivity index (χ3n) is 1.51. The first-order valence-electron chi connectivity index (χ1n) is 3.42. The van der Waals surface area contributed by atoms with E-state index in [1.165, 1.54) is 0 Å². The Morgan fingerprint density at radius 2 is 2.08 bits per heavy atom. The lowest BCUT2D eigenvalue weighted by atomic mass is 10.2. The molecule has 1 heterocycles. The zero-order valence-corrected chi connectivity index (χ0v) is 7.79. The van der Waals surface area contributed by atoms with Crippen molar-refractivity contribution in [2.75, 3.05) is 0 Å². The molecular formula is C7H3Cl2N4-. The average Bonchev–Trinajstić information content (AvgIpc) is 2.62. The van der Waals surface area contributed by atoms with Gasteiger partial charge >= 0.3 is 0 Å². The molecule has 4 nitrogen and oxygen atoms in total. The lowest BCUT2D eigenvalue weighted by Gasteiger charge is -2.03. The van der Waals surface area contributed by atoms with Gasteiger partial charge in [0.15, 0.2) is 0 Å². The molecule has 2 rings (SSSR count). The van der Waals surface area contributed by atoms with Crippen LogP contribution in [-0.4, -0.2) is 15.5 Å². The zero-order chi connectivity index (χ0) is 9.26. The molecule has 13 heavy (non-hydrogen) atoms. The quantitative estimate of drug-likeness (QED) is 0.726. The molecular weight excluding hydrogens is 211 g/mol. The molecule has 0 aliphatic heterocycles. The van der Waals surface area contributed by atoms with Crippen molar-refractivity contribution in [1.82, 2.24) is 20.6 Å². The first-order chi connectivity index (χ1) is 6.29. The molecule has 66 valence electrons. The van der Waals surface area contributed by atoms with Crippen LogP contribution >= 0.6 is 23.2 Å². The minimum absolute atomic E-state index is 0.382. The van der Waals surface area contributed by atoms with Crippen molar-refractivity contribution in [2.45, 2.75) is 0 Å². The number of nitrogens with zero attached hydrogens (tertiary/aromatic N) is 4. The largest absolute Gasteiger partial charge is 0.330 e. The van der Waals surface area contributed by atoms with Gasteiger partial charge in [0, 0.05) is 11.4 Å². The van der Waals surface area contributed by atoms with Gasteiger partial charge in [-0.05, 0) is 6.07 Å². The summed E-state index contributed by atoms with van der Waals surface area (Å²) in [6, 6.07) is 5.21. The Morgan fingerprint density at radius 3 is 2.77 bits per heavy atom. The summed E-state index contributed by atoms with van der Waals surface area (Å²) in [5, 5.41) is 14.9. The topological polar surface area (TPSA) is 52.8 Å². The third-order valence-corrected chi connectivity index (χ3v) is 2.33. The summed E-state index contributed by atoms with van der Waals surface area (Å²) in [6.45, 7) is 0. The summed E-state index contributed by atoms with van der Waals surface area (Å²) in [6.07, 6.45) is 0. The standard InChI is InChI=1S/C7H3Cl2N4/c8-5-3-1-2-4(6(5)9)7-10-12-13-11-7/h1-3H/q-1. The van der Waals surface area contributed by atoms with Gasteiger partial charge < -0.3 is 5.10 Å². The van der Waals surface area contributed by atoms with Gasteiger partial charge in [0.2, 0.25) is 0 Å². The highest BCUT2D eigenvalue weighted by Gasteiger charge is 2.04. The van der Waals surface area contributed by atoms with Gasteiger partial charge in [-0.25, -0.2) is 0 Å². The van der Waals surface area contributed by atoms with Gasteiger partial charge in [-0.2, -0.15) is 5.21 Å². The fourth-order valence-electron chi connectivity index (χ4n) is 0.929. The summed E-state index contributed by atoms with van der Waals surface area (Å²) < 4.78 is 0. The van der Waals surface area contributed by atoms with E-state index in [2.05, 4.69) is 20.6 Å². The number of hydrogen-bond acceptors (Lipinski definition) is 3. The van der Waals surface area contributed by atoms with Crippen molar-refractivity contribution in [1.29, 1.82) is 0 Å². The van der Waals surface area contributed by atoms with Gasteiger partial charge in [-0.15, -0.1) is 0 Å². The van der Waals surface area contributed by atoms with Crippen molar-refractivity contribution in [2.24, 2.45) is 0 Å². The van der Waals surface area contributed by atoms with E-state index in [0.717, 1.165) is 0 Å². The summed E-state index contributed by atoms with van der Waals surface area (Å²) in [4.78, 5) is 0. The van der Waals surface area contributed by atoms with Crippen LogP contribution in [0.3, 0.4) is 0 Å². The summed E-state index contributed by atoms with van der Waals surface area (Å²) >= 11 is 11.7. The number of hydrogen-bond donors (Lipinski definition) is 0. The van der Waals surface area contributed by atoms with E-state index >= 15 is 0 Å². The molecule has 0 aliphatic rings. The Bertz CT molecular complexity index is 412. The molecule has 0 atom stereocenters. The molecule has 0 aliphatic carbocycles. The fourth-order valence-corrected chi connectivity index (χ4v) is 1.31. The van der Waals surface area contributed by atoms with E-state index in [1.54, 1.807) is 18.2 Å². The molecule has 0 saturated carbocycles. The lowest BCUT2D eigenvalue weighted by molar-refractivity contribution is 0.871. The van der Waals surface area contributed by atoms with E-state index in [-0.39, 0.29) is 0 Å². The maximum Gasteiger partial charge on any atom is 0.0675 e. The summed E-state index contributed by atoms with van der Waals surface area (Å²) in [5.74, 6) is 0.382. The van der Waals surface area contributed by atoms with Gasteiger partial charge in [-0.1, -0.05) is 35.3 Å². The normalized spacial score (nSPS) is 10.3. The summed E-state index contributed by atoms with van der Waals surface area (Å²) in [5.41, 5.74) is 0.638. The lowest BCUT2D eigenvalue weighted by Crippen LogP contribution is -1.84. The number of rotatable bonds is 1. The van der Waals surface area contributed by atoms with E-state index in [9.17, 15) is 0 Å². The minimum atomic E-state index is 0.382. The highest BCUT2D eigenvalue weighted by Crippen LogP contribution is 2.30. The van der Waals surface area contributed by atoms with Crippen molar-refractivity contribution in [3.8, 4) is 11.4 Å². The van der Waals surface area contributed by atoms with Crippen LogP contribution in [-0.2, 0) is 0 Å². The van der Waals surface area contributed by atoms with Crippen molar-refractivity contribution in [3.05, 3.63) is 28.2 Å². The zero-order valence-electron chi connectivity index (χ0n) is 6.28. The second-order valence-electron chi connectivity index (χ2n) is 2.30. The van der Waals surface area contributed by atoms with Crippen LogP contribution < -0.4 is 5.10 Å². The SMILES string of the molecule is Clc1cccc(-c2nnn[n-]2)c1Cl.